The summed E-state index contributed by atoms with van der Waals surface area (Å²) in [6.45, 7) is 5.58. The lowest BCUT2D eigenvalue weighted by molar-refractivity contribution is -0.116. The monoisotopic (exact) mass is 347 g/mol. The predicted octanol–water partition coefficient (Wildman–Crippen LogP) is 2.78. The van der Waals surface area contributed by atoms with E-state index in [9.17, 15) is 14.0 Å². The van der Waals surface area contributed by atoms with E-state index in [1.807, 2.05) is 18.7 Å². The number of hydrogen-bond acceptors (Lipinski definition) is 3. The van der Waals surface area contributed by atoms with Crippen LogP contribution >= 0.6 is 0 Å². The van der Waals surface area contributed by atoms with Gasteiger partial charge in [0.05, 0.1) is 5.69 Å². The number of rotatable bonds is 4. The molecule has 2 aliphatic heterocycles. The van der Waals surface area contributed by atoms with Gasteiger partial charge < -0.3 is 15.5 Å². The highest BCUT2D eigenvalue weighted by Gasteiger charge is 2.38. The summed E-state index contributed by atoms with van der Waals surface area (Å²) in [6.07, 6.45) is 3.29. The highest BCUT2D eigenvalue weighted by Crippen LogP contribution is 2.30. The first kappa shape index (κ1) is 17.9. The lowest BCUT2D eigenvalue weighted by atomic mass is 10.1. The lowest BCUT2D eigenvalue weighted by Gasteiger charge is -2.28. The van der Waals surface area contributed by atoms with Crippen LogP contribution < -0.4 is 10.6 Å². The molecule has 2 aliphatic rings. The molecule has 0 spiro atoms. The van der Waals surface area contributed by atoms with Gasteiger partial charge in [0, 0.05) is 30.6 Å². The van der Waals surface area contributed by atoms with Crippen LogP contribution in [0, 0.1) is 11.7 Å². The van der Waals surface area contributed by atoms with Crippen LogP contribution in [-0.4, -0.2) is 41.9 Å². The summed E-state index contributed by atoms with van der Waals surface area (Å²) in [7, 11) is 0. The molecule has 2 N–H and O–H groups in total. The Bertz CT molecular complexity index is 648. The third kappa shape index (κ3) is 4.00. The minimum Gasteiger partial charge on any atom is -0.331 e. The predicted molar refractivity (Wildman–Crippen MR) is 95.0 cm³/mol. The van der Waals surface area contributed by atoms with Gasteiger partial charge in [-0.1, -0.05) is 13.8 Å². The Hall–Kier alpha value is -1.95. The fourth-order valence-corrected chi connectivity index (χ4v) is 3.78. The SMILES string of the molecule is CC(C)CC(=O)Nc1ccc(C(=O)N2C3CCNCC2CC3)cc1F. The first-order valence-electron chi connectivity index (χ1n) is 9.08. The van der Waals surface area contributed by atoms with Crippen LogP contribution in [0.5, 0.6) is 0 Å². The molecule has 0 radical (unpaired) electrons. The van der Waals surface area contributed by atoms with Crippen LogP contribution in [0.4, 0.5) is 10.1 Å². The molecule has 25 heavy (non-hydrogen) atoms. The van der Waals surface area contributed by atoms with Crippen LogP contribution in [-0.2, 0) is 4.79 Å². The van der Waals surface area contributed by atoms with Gasteiger partial charge in [0.25, 0.3) is 5.91 Å². The Labute approximate surface area is 148 Å². The average Bonchev–Trinajstić information content (AvgIpc) is 2.80. The normalized spacial score (nSPS) is 22.8. The molecule has 2 bridgehead atoms. The molecule has 1 aromatic rings. The van der Waals surface area contributed by atoms with Crippen molar-refractivity contribution >= 4 is 17.5 Å². The first-order valence-corrected chi connectivity index (χ1v) is 9.08. The molecular weight excluding hydrogens is 321 g/mol. The second-order valence-corrected chi connectivity index (χ2v) is 7.43. The molecule has 5 nitrogen and oxygen atoms in total. The van der Waals surface area contributed by atoms with E-state index < -0.39 is 5.82 Å². The van der Waals surface area contributed by atoms with E-state index >= 15 is 0 Å². The summed E-state index contributed by atoms with van der Waals surface area (Å²) in [5.74, 6) is -0.695. The zero-order valence-corrected chi connectivity index (χ0v) is 14.8. The molecule has 0 aromatic heterocycles. The van der Waals surface area contributed by atoms with Gasteiger partial charge >= 0.3 is 0 Å². The highest BCUT2D eigenvalue weighted by molar-refractivity contribution is 5.96. The van der Waals surface area contributed by atoms with Crippen LogP contribution in [0.3, 0.4) is 0 Å². The maximum absolute atomic E-state index is 14.4. The zero-order chi connectivity index (χ0) is 18.0. The van der Waals surface area contributed by atoms with Crippen molar-refractivity contribution < 1.29 is 14.0 Å². The van der Waals surface area contributed by atoms with E-state index in [0.29, 0.717) is 12.0 Å². The number of anilines is 1. The first-order chi connectivity index (χ1) is 12.0. The second-order valence-electron chi connectivity index (χ2n) is 7.43. The minimum absolute atomic E-state index is 0.116. The lowest BCUT2D eigenvalue weighted by Crippen LogP contribution is -2.42. The molecule has 1 aromatic carbocycles. The summed E-state index contributed by atoms with van der Waals surface area (Å²) in [5, 5.41) is 5.94. The number of amides is 2. The number of hydrogen-bond donors (Lipinski definition) is 2. The molecule has 2 fully saturated rings. The van der Waals surface area contributed by atoms with E-state index in [0.717, 1.165) is 32.4 Å². The maximum atomic E-state index is 14.4. The number of fused-ring (bicyclic) bond motifs is 2. The largest absolute Gasteiger partial charge is 0.331 e. The number of carbonyl (C=O) groups is 2. The Morgan fingerprint density at radius 2 is 2.04 bits per heavy atom. The van der Waals surface area contributed by atoms with Crippen LogP contribution in [0.1, 0.15) is 49.9 Å². The Balaban J connectivity index is 1.74. The van der Waals surface area contributed by atoms with Crippen molar-refractivity contribution in [2.24, 2.45) is 5.92 Å². The van der Waals surface area contributed by atoms with Crippen molar-refractivity contribution in [2.75, 3.05) is 18.4 Å². The van der Waals surface area contributed by atoms with E-state index in [4.69, 9.17) is 0 Å². The van der Waals surface area contributed by atoms with Gasteiger partial charge in [-0.25, -0.2) is 4.39 Å². The van der Waals surface area contributed by atoms with Gasteiger partial charge in [-0.05, 0) is 49.9 Å². The van der Waals surface area contributed by atoms with Gasteiger partial charge in [0.2, 0.25) is 5.91 Å². The van der Waals surface area contributed by atoms with Gasteiger partial charge in [-0.3, -0.25) is 9.59 Å². The summed E-state index contributed by atoms with van der Waals surface area (Å²) in [6, 6.07) is 4.76. The van der Waals surface area contributed by atoms with Crippen LogP contribution in [0.25, 0.3) is 0 Å². The molecular formula is C19H26FN3O2. The Morgan fingerprint density at radius 3 is 2.76 bits per heavy atom. The smallest absolute Gasteiger partial charge is 0.254 e. The number of carbonyl (C=O) groups excluding carboxylic acids is 2. The molecule has 2 saturated heterocycles. The average molecular weight is 347 g/mol. The number of benzene rings is 1. The molecule has 2 heterocycles. The maximum Gasteiger partial charge on any atom is 0.254 e. The standard InChI is InChI=1S/C19H26FN3O2/c1-12(2)9-18(24)22-17-6-3-13(10-16(17)20)19(25)23-14-4-5-15(23)11-21-8-7-14/h3,6,10,12,14-15,21H,4-5,7-9,11H2,1-2H3,(H,22,24). The van der Waals surface area contributed by atoms with Crippen LogP contribution in [0.2, 0.25) is 0 Å². The van der Waals surface area contributed by atoms with Crippen molar-refractivity contribution in [3.63, 3.8) is 0 Å². The van der Waals surface area contributed by atoms with Gasteiger partial charge in [-0.2, -0.15) is 0 Å². The Morgan fingerprint density at radius 1 is 1.28 bits per heavy atom. The zero-order valence-electron chi connectivity index (χ0n) is 14.8. The quantitative estimate of drug-likeness (QED) is 0.880. The molecule has 0 saturated carbocycles. The van der Waals surface area contributed by atoms with Crippen molar-refractivity contribution in [1.29, 1.82) is 0 Å². The topological polar surface area (TPSA) is 61.4 Å². The van der Waals surface area contributed by atoms with Gasteiger partial charge in [-0.15, -0.1) is 0 Å². The second kappa shape index (κ2) is 7.52. The molecule has 2 unspecified atom stereocenters. The molecule has 2 atom stereocenters. The van der Waals surface area contributed by atoms with E-state index in [1.165, 1.54) is 12.1 Å². The van der Waals surface area contributed by atoms with Gasteiger partial charge in [0.15, 0.2) is 0 Å². The number of halogens is 1. The third-order valence-electron chi connectivity index (χ3n) is 4.97. The summed E-state index contributed by atoms with van der Waals surface area (Å²) >= 11 is 0. The fourth-order valence-electron chi connectivity index (χ4n) is 3.78. The molecule has 0 aliphatic carbocycles. The molecule has 2 amide bonds. The molecule has 6 heteroatoms. The van der Waals surface area contributed by atoms with E-state index in [-0.39, 0.29) is 35.5 Å². The van der Waals surface area contributed by atoms with Crippen molar-refractivity contribution in [2.45, 2.75) is 51.6 Å². The van der Waals surface area contributed by atoms with Crippen molar-refractivity contribution in [1.82, 2.24) is 10.2 Å². The molecule has 3 rings (SSSR count). The summed E-state index contributed by atoms with van der Waals surface area (Å²) in [5.41, 5.74) is 0.473. The number of nitrogens with zero attached hydrogens (tertiary/aromatic N) is 1. The van der Waals surface area contributed by atoms with Crippen molar-refractivity contribution in [3.8, 4) is 0 Å². The van der Waals surface area contributed by atoms with Gasteiger partial charge in [0.1, 0.15) is 5.82 Å². The molecule has 136 valence electrons. The Kier molecular flexibility index (Phi) is 5.37. The van der Waals surface area contributed by atoms with Crippen LogP contribution in [0.15, 0.2) is 18.2 Å². The number of nitrogens with one attached hydrogen (secondary N) is 2. The summed E-state index contributed by atoms with van der Waals surface area (Å²) in [4.78, 5) is 26.6. The third-order valence-corrected chi connectivity index (χ3v) is 4.97. The van der Waals surface area contributed by atoms with Crippen molar-refractivity contribution in [3.05, 3.63) is 29.6 Å². The summed E-state index contributed by atoms with van der Waals surface area (Å²) < 4.78 is 14.4. The van der Waals surface area contributed by atoms with E-state index in [1.54, 1.807) is 6.07 Å². The van der Waals surface area contributed by atoms with E-state index in [2.05, 4.69) is 10.6 Å². The highest BCUT2D eigenvalue weighted by atomic mass is 19.1. The minimum atomic E-state index is -0.566. The fraction of sp³-hybridized carbons (Fsp3) is 0.579.